The predicted molar refractivity (Wildman–Crippen MR) is 48.5 cm³/mol. The molecule has 1 aromatic carbocycles. The number of halogens is 1. The third-order valence-corrected chi connectivity index (χ3v) is 1.39. The van der Waals surface area contributed by atoms with Crippen molar-refractivity contribution < 1.29 is 9.31 Å². The van der Waals surface area contributed by atoms with Crippen LogP contribution in [0.4, 0.5) is 15.8 Å². The maximum Gasteiger partial charge on any atom is 0.304 e. The molecule has 0 saturated carbocycles. The third-order valence-electron chi connectivity index (χ3n) is 1.39. The average molecular weight is 198 g/mol. The van der Waals surface area contributed by atoms with Crippen LogP contribution in [0.3, 0.4) is 0 Å². The number of guanidine groups is 1. The van der Waals surface area contributed by atoms with E-state index >= 15 is 0 Å². The molecule has 0 aliphatic rings. The summed E-state index contributed by atoms with van der Waals surface area (Å²) in [5.74, 6) is -1.21. The Morgan fingerprint density at radius 3 is 2.57 bits per heavy atom. The average Bonchev–Trinajstić information content (AvgIpc) is 2.01. The summed E-state index contributed by atoms with van der Waals surface area (Å²) in [7, 11) is 0. The SMILES string of the molecule is NC(N)=Nc1ccc([N+](=O)[O-])c(F)c1. The molecule has 14 heavy (non-hydrogen) atoms. The molecule has 0 radical (unpaired) electrons. The van der Waals surface area contributed by atoms with Gasteiger partial charge in [0.2, 0.25) is 5.82 Å². The summed E-state index contributed by atoms with van der Waals surface area (Å²) in [6, 6.07) is 3.13. The molecular weight excluding hydrogens is 191 g/mol. The smallest absolute Gasteiger partial charge is 0.304 e. The zero-order valence-corrected chi connectivity index (χ0v) is 6.98. The van der Waals surface area contributed by atoms with Gasteiger partial charge in [-0.2, -0.15) is 4.39 Å². The Labute approximate surface area is 78.2 Å². The first-order valence-electron chi connectivity index (χ1n) is 3.54. The van der Waals surface area contributed by atoms with Gasteiger partial charge in [-0.25, -0.2) is 4.99 Å². The van der Waals surface area contributed by atoms with Crippen molar-refractivity contribution in [3.05, 3.63) is 34.1 Å². The summed E-state index contributed by atoms with van der Waals surface area (Å²) in [4.78, 5) is 12.9. The van der Waals surface area contributed by atoms with Crippen molar-refractivity contribution in [1.82, 2.24) is 0 Å². The lowest BCUT2D eigenvalue weighted by molar-refractivity contribution is -0.387. The van der Waals surface area contributed by atoms with E-state index in [2.05, 4.69) is 4.99 Å². The molecule has 0 aromatic heterocycles. The Hall–Kier alpha value is -2.18. The largest absolute Gasteiger partial charge is 0.370 e. The van der Waals surface area contributed by atoms with E-state index in [-0.39, 0.29) is 11.6 Å². The molecule has 74 valence electrons. The van der Waals surface area contributed by atoms with Crippen molar-refractivity contribution in [3.8, 4) is 0 Å². The highest BCUT2D eigenvalue weighted by Crippen LogP contribution is 2.22. The van der Waals surface area contributed by atoms with E-state index in [4.69, 9.17) is 11.5 Å². The van der Waals surface area contributed by atoms with Gasteiger partial charge in [-0.15, -0.1) is 0 Å². The topological polar surface area (TPSA) is 108 Å². The van der Waals surface area contributed by atoms with E-state index in [1.165, 1.54) is 6.07 Å². The molecule has 0 aliphatic carbocycles. The first kappa shape index (κ1) is 9.90. The van der Waals surface area contributed by atoms with Crippen LogP contribution in [0.1, 0.15) is 0 Å². The van der Waals surface area contributed by atoms with Crippen molar-refractivity contribution in [1.29, 1.82) is 0 Å². The van der Waals surface area contributed by atoms with Crippen molar-refractivity contribution >= 4 is 17.3 Å². The van der Waals surface area contributed by atoms with E-state index in [0.29, 0.717) is 0 Å². The van der Waals surface area contributed by atoms with Crippen LogP contribution in [0.5, 0.6) is 0 Å². The van der Waals surface area contributed by atoms with Crippen LogP contribution in [0.25, 0.3) is 0 Å². The van der Waals surface area contributed by atoms with Crippen LogP contribution < -0.4 is 11.5 Å². The van der Waals surface area contributed by atoms with Crippen LogP contribution in [-0.4, -0.2) is 10.9 Å². The number of nitro benzene ring substituents is 1. The van der Waals surface area contributed by atoms with Crippen molar-refractivity contribution in [3.63, 3.8) is 0 Å². The molecule has 0 amide bonds. The lowest BCUT2D eigenvalue weighted by Crippen LogP contribution is -2.21. The van der Waals surface area contributed by atoms with Crippen LogP contribution >= 0.6 is 0 Å². The van der Waals surface area contributed by atoms with Crippen molar-refractivity contribution in [2.75, 3.05) is 0 Å². The molecule has 0 spiro atoms. The predicted octanol–water partition coefficient (Wildman–Crippen LogP) is 0.639. The Morgan fingerprint density at radius 2 is 2.14 bits per heavy atom. The fraction of sp³-hybridized carbons (Fsp3) is 0. The molecule has 7 heteroatoms. The minimum atomic E-state index is -0.975. The summed E-state index contributed by atoms with van der Waals surface area (Å²) in [6.07, 6.45) is 0. The standard InChI is InChI=1S/C7H7FN4O2/c8-5-3-4(11-7(9)10)1-2-6(5)12(13)14/h1-3H,(H4,9,10,11). The molecular formula is C7H7FN4O2. The number of benzene rings is 1. The lowest BCUT2D eigenvalue weighted by Gasteiger charge is -1.96. The minimum absolute atomic E-state index is 0.133. The second kappa shape index (κ2) is 3.69. The summed E-state index contributed by atoms with van der Waals surface area (Å²) >= 11 is 0. The second-order valence-corrected chi connectivity index (χ2v) is 2.43. The molecule has 0 saturated heterocycles. The van der Waals surface area contributed by atoms with Crippen LogP contribution in [0.2, 0.25) is 0 Å². The molecule has 6 nitrogen and oxygen atoms in total. The minimum Gasteiger partial charge on any atom is -0.370 e. The lowest BCUT2D eigenvalue weighted by atomic mass is 10.3. The Morgan fingerprint density at radius 1 is 1.50 bits per heavy atom. The fourth-order valence-electron chi connectivity index (χ4n) is 0.862. The van der Waals surface area contributed by atoms with E-state index < -0.39 is 16.4 Å². The van der Waals surface area contributed by atoms with Gasteiger partial charge < -0.3 is 11.5 Å². The number of aliphatic imine (C=N–C) groups is 1. The Kier molecular flexibility index (Phi) is 2.61. The van der Waals surface area contributed by atoms with Gasteiger partial charge in [0, 0.05) is 12.1 Å². The summed E-state index contributed by atoms with van der Waals surface area (Å²) in [6.45, 7) is 0. The molecule has 4 N–H and O–H groups in total. The molecule has 0 unspecified atom stereocenters. The molecule has 1 rings (SSSR count). The van der Waals surface area contributed by atoms with Gasteiger partial charge >= 0.3 is 5.69 Å². The van der Waals surface area contributed by atoms with E-state index in [9.17, 15) is 14.5 Å². The van der Waals surface area contributed by atoms with E-state index in [1.54, 1.807) is 0 Å². The van der Waals surface area contributed by atoms with Crippen LogP contribution in [-0.2, 0) is 0 Å². The third kappa shape index (κ3) is 2.16. The highest BCUT2D eigenvalue weighted by Gasteiger charge is 2.13. The van der Waals surface area contributed by atoms with E-state index in [1.807, 2.05) is 0 Å². The normalized spacial score (nSPS) is 9.50. The Bertz CT molecular complexity index is 401. The quantitative estimate of drug-likeness (QED) is 0.314. The number of hydrogen-bond acceptors (Lipinski definition) is 3. The summed E-state index contributed by atoms with van der Waals surface area (Å²) in [5, 5.41) is 10.2. The zero-order chi connectivity index (χ0) is 10.7. The van der Waals surface area contributed by atoms with Gasteiger partial charge in [-0.05, 0) is 6.07 Å². The van der Waals surface area contributed by atoms with Gasteiger partial charge in [0.15, 0.2) is 5.96 Å². The fourth-order valence-corrected chi connectivity index (χ4v) is 0.862. The van der Waals surface area contributed by atoms with Crippen molar-refractivity contribution in [2.24, 2.45) is 16.5 Å². The first-order chi connectivity index (χ1) is 6.50. The monoisotopic (exact) mass is 198 g/mol. The van der Waals surface area contributed by atoms with Crippen LogP contribution in [0.15, 0.2) is 23.2 Å². The van der Waals surface area contributed by atoms with E-state index in [0.717, 1.165) is 12.1 Å². The van der Waals surface area contributed by atoms with Gasteiger partial charge in [0.05, 0.1) is 10.6 Å². The second-order valence-electron chi connectivity index (χ2n) is 2.43. The van der Waals surface area contributed by atoms with Crippen molar-refractivity contribution in [2.45, 2.75) is 0 Å². The molecule has 0 heterocycles. The molecule has 0 atom stereocenters. The van der Waals surface area contributed by atoms with Gasteiger partial charge in [0.25, 0.3) is 0 Å². The number of nitrogens with two attached hydrogens (primary N) is 2. The molecule has 0 fully saturated rings. The first-order valence-corrected chi connectivity index (χ1v) is 3.54. The summed E-state index contributed by atoms with van der Waals surface area (Å²) < 4.78 is 13.0. The van der Waals surface area contributed by atoms with Gasteiger partial charge in [0.1, 0.15) is 0 Å². The van der Waals surface area contributed by atoms with Gasteiger partial charge in [-0.3, -0.25) is 10.1 Å². The Balaban J connectivity index is 3.13. The molecule has 0 bridgehead atoms. The molecule has 0 aliphatic heterocycles. The maximum atomic E-state index is 13.0. The highest BCUT2D eigenvalue weighted by molar-refractivity contribution is 5.79. The number of rotatable bonds is 2. The number of nitro groups is 1. The van der Waals surface area contributed by atoms with Crippen LogP contribution in [0, 0.1) is 15.9 Å². The van der Waals surface area contributed by atoms with Gasteiger partial charge in [-0.1, -0.05) is 0 Å². The molecule has 1 aromatic rings. The zero-order valence-electron chi connectivity index (χ0n) is 6.98. The summed E-state index contributed by atoms with van der Waals surface area (Å²) in [5.41, 5.74) is 9.61. The number of hydrogen-bond donors (Lipinski definition) is 2. The maximum absolute atomic E-state index is 13.0. The number of nitrogens with zero attached hydrogens (tertiary/aromatic N) is 2. The highest BCUT2D eigenvalue weighted by atomic mass is 19.1.